The summed E-state index contributed by atoms with van der Waals surface area (Å²) in [5.74, 6) is -0.423. The molecule has 0 unspecified atom stereocenters. The monoisotopic (exact) mass is 271 g/mol. The Kier molecular flexibility index (Phi) is 3.31. The van der Waals surface area contributed by atoms with E-state index in [9.17, 15) is 4.79 Å². The van der Waals surface area contributed by atoms with Crippen LogP contribution in [0.2, 0.25) is 10.3 Å². The average Bonchev–Trinajstić information content (AvgIpc) is 2.76. The van der Waals surface area contributed by atoms with Gasteiger partial charge in [-0.15, -0.1) is 0 Å². The van der Waals surface area contributed by atoms with Crippen LogP contribution in [0.1, 0.15) is 16.1 Å². The van der Waals surface area contributed by atoms with Crippen molar-refractivity contribution in [3.63, 3.8) is 0 Å². The largest absolute Gasteiger partial charge is 0.364 e. The second-order valence-electron chi connectivity index (χ2n) is 3.27. The third-order valence-electron chi connectivity index (χ3n) is 2.05. The molecule has 2 aromatic heterocycles. The summed E-state index contributed by atoms with van der Waals surface area (Å²) in [5, 5.41) is 6.51. The molecular weight excluding hydrogens is 265 g/mol. The fraction of sp³-hybridized carbons (Fsp3) is 0.100. The molecule has 5 nitrogen and oxygen atoms in total. The lowest BCUT2D eigenvalue weighted by atomic mass is 10.2. The summed E-state index contributed by atoms with van der Waals surface area (Å²) in [4.78, 5) is 15.6. The summed E-state index contributed by atoms with van der Waals surface area (Å²) in [5.41, 5.74) is 1.28. The highest BCUT2D eigenvalue weighted by Gasteiger charge is 2.14. The van der Waals surface area contributed by atoms with E-state index in [-0.39, 0.29) is 16.0 Å². The average molecular weight is 272 g/mol. The number of nitrogens with one attached hydrogen (secondary N) is 1. The lowest BCUT2D eigenvalue weighted by Gasteiger charge is -2.08. The van der Waals surface area contributed by atoms with Crippen LogP contribution in [0.4, 0.5) is 5.69 Å². The zero-order valence-electron chi connectivity index (χ0n) is 8.70. The van der Waals surface area contributed by atoms with Crippen LogP contribution in [0, 0.1) is 6.92 Å². The predicted octanol–water partition coefficient (Wildman–Crippen LogP) is 2.94. The van der Waals surface area contributed by atoms with Gasteiger partial charge in [-0.2, -0.15) is 0 Å². The van der Waals surface area contributed by atoms with Gasteiger partial charge in [0.2, 0.25) is 0 Å². The van der Waals surface area contributed by atoms with E-state index in [4.69, 9.17) is 23.2 Å². The molecule has 17 heavy (non-hydrogen) atoms. The first-order valence-corrected chi connectivity index (χ1v) is 5.38. The third kappa shape index (κ3) is 2.57. The molecule has 0 aliphatic heterocycles. The van der Waals surface area contributed by atoms with E-state index in [0.717, 1.165) is 0 Å². The maximum Gasteiger partial charge on any atom is 0.277 e. The minimum atomic E-state index is -0.423. The van der Waals surface area contributed by atoms with Crippen molar-refractivity contribution in [3.8, 4) is 0 Å². The lowest BCUT2D eigenvalue weighted by Crippen LogP contribution is -2.13. The summed E-state index contributed by atoms with van der Waals surface area (Å²) in [6.07, 6.45) is 1.31. The van der Waals surface area contributed by atoms with Gasteiger partial charge in [0.1, 0.15) is 11.4 Å². The van der Waals surface area contributed by atoms with Crippen molar-refractivity contribution in [2.45, 2.75) is 6.92 Å². The maximum absolute atomic E-state index is 11.7. The zero-order valence-corrected chi connectivity index (χ0v) is 10.2. The van der Waals surface area contributed by atoms with Crippen LogP contribution < -0.4 is 5.32 Å². The summed E-state index contributed by atoms with van der Waals surface area (Å²) in [7, 11) is 0. The van der Waals surface area contributed by atoms with E-state index in [1.54, 1.807) is 13.0 Å². The molecule has 2 heterocycles. The Bertz CT molecular complexity index is 532. The first-order valence-electron chi connectivity index (χ1n) is 4.62. The molecule has 0 aliphatic rings. The van der Waals surface area contributed by atoms with Gasteiger partial charge in [-0.3, -0.25) is 4.79 Å². The Labute approximate surface area is 107 Å². The Balaban J connectivity index is 2.28. The molecule has 2 aromatic rings. The van der Waals surface area contributed by atoms with Crippen LogP contribution in [-0.4, -0.2) is 16.0 Å². The highest BCUT2D eigenvalue weighted by atomic mass is 35.5. The van der Waals surface area contributed by atoms with Crippen LogP contribution in [0.3, 0.4) is 0 Å². The highest BCUT2D eigenvalue weighted by Crippen LogP contribution is 2.26. The topological polar surface area (TPSA) is 68.0 Å². The number of hydrogen-bond donors (Lipinski definition) is 1. The number of rotatable bonds is 2. The smallest absolute Gasteiger partial charge is 0.277 e. The normalized spacial score (nSPS) is 10.3. The Hall–Kier alpha value is -1.59. The van der Waals surface area contributed by atoms with Crippen LogP contribution in [0.25, 0.3) is 0 Å². The number of halogens is 2. The number of aromatic nitrogens is 2. The van der Waals surface area contributed by atoms with Crippen molar-refractivity contribution < 1.29 is 9.32 Å². The first-order chi connectivity index (χ1) is 8.08. The van der Waals surface area contributed by atoms with Gasteiger partial charge in [0.05, 0.1) is 5.69 Å². The fourth-order valence-corrected chi connectivity index (χ4v) is 1.83. The number of amides is 1. The molecule has 88 valence electrons. The number of carbonyl (C=O) groups is 1. The van der Waals surface area contributed by atoms with E-state index < -0.39 is 5.91 Å². The van der Waals surface area contributed by atoms with E-state index >= 15 is 0 Å². The number of aryl methyl sites for hydroxylation is 1. The van der Waals surface area contributed by atoms with Gasteiger partial charge in [-0.05, 0) is 18.6 Å². The molecule has 0 bridgehead atoms. The number of pyridine rings is 1. The molecule has 0 spiro atoms. The van der Waals surface area contributed by atoms with Crippen molar-refractivity contribution in [2.24, 2.45) is 0 Å². The molecule has 7 heteroatoms. The molecular formula is C10H7Cl2N3O2. The predicted molar refractivity (Wildman–Crippen MR) is 63.5 cm³/mol. The molecule has 0 aliphatic carbocycles. The second-order valence-corrected chi connectivity index (χ2v) is 4.01. The fourth-order valence-electron chi connectivity index (χ4n) is 1.25. The van der Waals surface area contributed by atoms with Crippen molar-refractivity contribution in [1.29, 1.82) is 0 Å². The molecule has 0 fully saturated rings. The van der Waals surface area contributed by atoms with Crippen molar-refractivity contribution in [1.82, 2.24) is 10.1 Å². The van der Waals surface area contributed by atoms with Crippen LogP contribution in [0.5, 0.6) is 0 Å². The Morgan fingerprint density at radius 2 is 2.24 bits per heavy atom. The maximum atomic E-state index is 11.7. The van der Waals surface area contributed by atoms with Crippen molar-refractivity contribution >= 4 is 34.8 Å². The molecule has 1 amide bonds. The standard InChI is InChI=1S/C10H7Cl2N3O2/c1-5-4-7(11)13-9(12)8(5)14-10(16)6-2-3-17-15-6/h2-4H,1H3,(H,14,16). The van der Waals surface area contributed by atoms with Crippen LogP contribution in [0.15, 0.2) is 22.9 Å². The third-order valence-corrected chi connectivity index (χ3v) is 2.52. The van der Waals surface area contributed by atoms with Gasteiger partial charge >= 0.3 is 0 Å². The van der Waals surface area contributed by atoms with Crippen LogP contribution in [-0.2, 0) is 0 Å². The molecule has 0 saturated heterocycles. The highest BCUT2D eigenvalue weighted by molar-refractivity contribution is 6.35. The second kappa shape index (κ2) is 4.73. The Morgan fingerprint density at radius 1 is 1.47 bits per heavy atom. The molecule has 2 rings (SSSR count). The van der Waals surface area contributed by atoms with Crippen LogP contribution >= 0.6 is 23.2 Å². The number of carbonyl (C=O) groups excluding carboxylic acids is 1. The summed E-state index contributed by atoms with van der Waals surface area (Å²) >= 11 is 11.6. The van der Waals surface area contributed by atoms with Gasteiger partial charge in [-0.1, -0.05) is 28.4 Å². The minimum absolute atomic E-state index is 0.131. The Morgan fingerprint density at radius 3 is 2.82 bits per heavy atom. The van der Waals surface area contributed by atoms with Crippen molar-refractivity contribution in [3.05, 3.63) is 40.0 Å². The molecule has 0 atom stereocenters. The summed E-state index contributed by atoms with van der Waals surface area (Å²) in [6.45, 7) is 1.76. The van der Waals surface area contributed by atoms with E-state index in [0.29, 0.717) is 11.3 Å². The molecule has 0 radical (unpaired) electrons. The van der Waals surface area contributed by atoms with E-state index in [2.05, 4.69) is 20.0 Å². The summed E-state index contributed by atoms with van der Waals surface area (Å²) < 4.78 is 4.57. The summed E-state index contributed by atoms with van der Waals surface area (Å²) in [6, 6.07) is 3.05. The molecule has 1 N–H and O–H groups in total. The number of hydrogen-bond acceptors (Lipinski definition) is 4. The molecule has 0 saturated carbocycles. The SMILES string of the molecule is Cc1cc(Cl)nc(Cl)c1NC(=O)c1ccon1. The molecule has 0 aromatic carbocycles. The van der Waals surface area contributed by atoms with Gasteiger partial charge in [0.15, 0.2) is 10.8 Å². The van der Waals surface area contributed by atoms with Gasteiger partial charge in [0, 0.05) is 6.07 Å². The zero-order chi connectivity index (χ0) is 12.4. The lowest BCUT2D eigenvalue weighted by molar-refractivity contribution is 0.101. The van der Waals surface area contributed by atoms with Gasteiger partial charge < -0.3 is 9.84 Å². The number of nitrogens with zero attached hydrogens (tertiary/aromatic N) is 2. The van der Waals surface area contributed by atoms with Crippen molar-refractivity contribution in [2.75, 3.05) is 5.32 Å². The quantitative estimate of drug-likeness (QED) is 0.853. The van der Waals surface area contributed by atoms with Gasteiger partial charge in [0.25, 0.3) is 5.91 Å². The number of anilines is 1. The van der Waals surface area contributed by atoms with E-state index in [1.165, 1.54) is 12.3 Å². The van der Waals surface area contributed by atoms with Gasteiger partial charge in [-0.25, -0.2) is 4.98 Å². The minimum Gasteiger partial charge on any atom is -0.364 e. The van der Waals surface area contributed by atoms with E-state index in [1.807, 2.05) is 0 Å². The first kappa shape index (κ1) is 11.9.